The van der Waals surface area contributed by atoms with E-state index in [0.29, 0.717) is 23.7 Å². The van der Waals surface area contributed by atoms with Crippen LogP contribution in [0.5, 0.6) is 5.75 Å². The summed E-state index contributed by atoms with van der Waals surface area (Å²) in [6, 6.07) is 15.9. The lowest BCUT2D eigenvalue weighted by atomic mass is 9.83. The van der Waals surface area contributed by atoms with Gasteiger partial charge in [0.15, 0.2) is 5.58 Å². The van der Waals surface area contributed by atoms with Crippen LogP contribution in [0.4, 0.5) is 11.4 Å². The summed E-state index contributed by atoms with van der Waals surface area (Å²) >= 11 is 0. The third-order valence-electron chi connectivity index (χ3n) is 17.4. The topological polar surface area (TPSA) is 38.1 Å². The number of hydrogen-bond acceptors (Lipinski definition) is 5. The average Bonchev–Trinajstić information content (AvgIpc) is 4.25. The molecule has 6 atom stereocenters. The van der Waals surface area contributed by atoms with Crippen molar-refractivity contribution < 1.29 is 13.9 Å². The molecule has 8 aliphatic carbocycles. The van der Waals surface area contributed by atoms with Crippen molar-refractivity contribution in [1.82, 2.24) is 0 Å². The van der Waals surface area contributed by atoms with Crippen molar-refractivity contribution in [1.29, 1.82) is 0 Å². The lowest BCUT2D eigenvalue weighted by Gasteiger charge is -2.41. The lowest BCUT2D eigenvalue weighted by molar-refractivity contribution is 0.155. The minimum Gasteiger partial charge on any atom is -0.483 e. The Hall–Kier alpha value is -6.20. The zero-order chi connectivity index (χ0) is 45.7. The molecule has 3 aromatic carbocycles. The molecule has 1 aromatic heterocycles. The van der Waals surface area contributed by atoms with Crippen LogP contribution in [0.3, 0.4) is 0 Å². The molecule has 0 spiro atoms. The quantitative estimate of drug-likeness (QED) is 0.165. The molecular weight excluding hydrogens is 845 g/mol. The molecule has 2 aliphatic heterocycles. The molecule has 14 rings (SSSR count). The number of ether oxygens (including phenoxy) is 2. The molecule has 5 heteroatoms. The van der Waals surface area contributed by atoms with Gasteiger partial charge < -0.3 is 23.7 Å². The highest BCUT2D eigenvalue weighted by Crippen LogP contribution is 2.56. The molecule has 5 nitrogen and oxygen atoms in total. The van der Waals surface area contributed by atoms with Crippen LogP contribution < -0.4 is 14.5 Å². The van der Waals surface area contributed by atoms with E-state index in [9.17, 15) is 0 Å². The van der Waals surface area contributed by atoms with E-state index in [1.807, 2.05) is 0 Å². The van der Waals surface area contributed by atoms with Gasteiger partial charge in [-0.2, -0.15) is 0 Å². The zero-order valence-electron chi connectivity index (χ0n) is 40.3. The molecule has 10 aliphatic rings. The summed E-state index contributed by atoms with van der Waals surface area (Å²) < 4.78 is 22.4. The predicted octanol–water partition coefficient (Wildman–Crippen LogP) is 16.0. The number of fused-ring (bicyclic) bond motifs is 9. The average molecular weight is 909 g/mol. The molecule has 2 fully saturated rings. The van der Waals surface area contributed by atoms with E-state index in [1.165, 1.54) is 129 Å². The number of aryl methyl sites for hydroxylation is 1. The molecule has 5 unspecified atom stereocenters. The van der Waals surface area contributed by atoms with E-state index in [0.717, 1.165) is 61.3 Å². The van der Waals surface area contributed by atoms with Crippen LogP contribution in [0.2, 0.25) is 0 Å². The Balaban J connectivity index is 0.980. The molecular formula is C64H64N2O3. The van der Waals surface area contributed by atoms with Crippen LogP contribution in [0, 0.1) is 17.8 Å². The Kier molecular flexibility index (Phi) is 10.1. The SMILES string of the molecule is CC1C=C(N(c2c3ccccc3c(N(C3=CC(C)CC=C3)C3C=CC=C4C5=C(O[C@@H]43)C(C3CCCC3)=CCC5)c3oc4c(c23)CCC=C4)C2C=CC=C3c4cccc(C5CCCC5)c4OC32)C=CC1. The first-order chi connectivity index (χ1) is 34.1. The van der Waals surface area contributed by atoms with Gasteiger partial charge in [0.1, 0.15) is 29.5 Å². The summed E-state index contributed by atoms with van der Waals surface area (Å²) in [6.07, 6.45) is 51.7. The van der Waals surface area contributed by atoms with E-state index in [4.69, 9.17) is 13.9 Å². The fourth-order valence-electron chi connectivity index (χ4n) is 14.2. The monoisotopic (exact) mass is 908 g/mol. The molecule has 0 saturated heterocycles. The highest BCUT2D eigenvalue weighted by Gasteiger charge is 2.47. The van der Waals surface area contributed by atoms with Gasteiger partial charge in [-0.15, -0.1) is 0 Å². The van der Waals surface area contributed by atoms with E-state index >= 15 is 0 Å². The number of hydrogen-bond donors (Lipinski definition) is 0. The van der Waals surface area contributed by atoms with Crippen LogP contribution in [-0.4, -0.2) is 24.3 Å². The van der Waals surface area contributed by atoms with Crippen LogP contribution in [-0.2, 0) is 11.2 Å². The van der Waals surface area contributed by atoms with Crippen LogP contribution in [0.25, 0.3) is 33.4 Å². The summed E-state index contributed by atoms with van der Waals surface area (Å²) in [5.74, 6) is 5.21. The fraction of sp³-hybridized carbons (Fsp3) is 0.375. The minimum atomic E-state index is -0.176. The Labute approximate surface area is 408 Å². The van der Waals surface area contributed by atoms with Gasteiger partial charge in [0, 0.05) is 50.0 Å². The van der Waals surface area contributed by atoms with Crippen molar-refractivity contribution in [3.8, 4) is 5.75 Å². The maximum Gasteiger partial charge on any atom is 0.161 e. The summed E-state index contributed by atoms with van der Waals surface area (Å²) in [7, 11) is 0. The summed E-state index contributed by atoms with van der Waals surface area (Å²) in [5.41, 5.74) is 15.2. The van der Waals surface area contributed by atoms with E-state index in [-0.39, 0.29) is 24.3 Å². The van der Waals surface area contributed by atoms with E-state index in [2.05, 4.69) is 157 Å². The number of benzene rings is 3. The number of furan rings is 1. The first-order valence-corrected chi connectivity index (χ1v) is 26.8. The highest BCUT2D eigenvalue weighted by atomic mass is 16.5. The first-order valence-electron chi connectivity index (χ1n) is 26.8. The molecule has 348 valence electrons. The van der Waals surface area contributed by atoms with Gasteiger partial charge in [0.05, 0.1) is 28.8 Å². The number of para-hydroxylation sites is 1. The number of nitrogens with zero attached hydrogens (tertiary/aromatic N) is 2. The number of allylic oxidation sites excluding steroid dienone is 13. The molecule has 0 bridgehead atoms. The van der Waals surface area contributed by atoms with Crippen molar-refractivity contribution >= 4 is 44.8 Å². The van der Waals surface area contributed by atoms with Crippen molar-refractivity contribution in [2.75, 3.05) is 9.80 Å². The van der Waals surface area contributed by atoms with Gasteiger partial charge >= 0.3 is 0 Å². The Morgan fingerprint density at radius 1 is 0.609 bits per heavy atom. The second-order valence-electron chi connectivity index (χ2n) is 21.8. The predicted molar refractivity (Wildman–Crippen MR) is 283 cm³/mol. The van der Waals surface area contributed by atoms with Crippen molar-refractivity contribution in [2.45, 2.75) is 134 Å². The molecule has 3 heterocycles. The smallest absolute Gasteiger partial charge is 0.161 e. The van der Waals surface area contributed by atoms with Gasteiger partial charge in [0.25, 0.3) is 0 Å². The molecule has 0 amide bonds. The molecule has 2 saturated carbocycles. The van der Waals surface area contributed by atoms with Gasteiger partial charge in [-0.05, 0) is 117 Å². The number of rotatable bonds is 8. The second kappa shape index (κ2) is 16.7. The molecule has 0 radical (unpaired) electrons. The zero-order valence-corrected chi connectivity index (χ0v) is 40.3. The summed E-state index contributed by atoms with van der Waals surface area (Å²) in [6.45, 7) is 4.71. The number of anilines is 2. The third kappa shape index (κ3) is 6.69. The minimum absolute atomic E-state index is 0.105. The maximum atomic E-state index is 7.50. The second-order valence-corrected chi connectivity index (χ2v) is 21.8. The largest absolute Gasteiger partial charge is 0.483 e. The highest BCUT2D eigenvalue weighted by molar-refractivity contribution is 6.21. The third-order valence-corrected chi connectivity index (χ3v) is 17.4. The molecule has 4 aromatic rings. The summed E-state index contributed by atoms with van der Waals surface area (Å²) in [5, 5.41) is 3.62. The van der Waals surface area contributed by atoms with Crippen molar-refractivity contribution in [3.05, 3.63) is 184 Å². The molecule has 69 heavy (non-hydrogen) atoms. The normalized spacial score (nSPS) is 27.8. The molecule has 0 N–H and O–H groups in total. The van der Waals surface area contributed by atoms with Crippen LogP contribution >= 0.6 is 0 Å². The fourth-order valence-corrected chi connectivity index (χ4v) is 14.2. The Morgan fingerprint density at radius 3 is 2.00 bits per heavy atom. The van der Waals surface area contributed by atoms with Crippen LogP contribution in [0.15, 0.2) is 166 Å². The van der Waals surface area contributed by atoms with Gasteiger partial charge in [-0.25, -0.2) is 0 Å². The van der Waals surface area contributed by atoms with Gasteiger partial charge in [-0.1, -0.05) is 155 Å². The Morgan fingerprint density at radius 2 is 1.28 bits per heavy atom. The standard InChI is InChI=1S/C64H64N2O3/c1-39-17-11-23-43(37-39)65(54-34-15-32-51-49-30-13-28-45(41-19-3-4-20-41)60(49)68-62(51)54)58-47-25-7-8-26-48(47)59(64-57(58)53-27-9-10-36-56(53)67-64)66(44-24-12-18-40(2)38-44)55-35-16-33-52-50-31-14-29-46(42-21-5-6-22-42)61(50)69-63(52)55/h7-8,10-13,15-16,23-26,28-30,32-42,54-55,62-63H,3-6,9,14,17-22,27,31H2,1-2H3/t39?,40?,54?,55?,62?,63-/m0/s1. The first kappa shape index (κ1) is 41.7. The Bertz CT molecular complexity index is 3160. The van der Waals surface area contributed by atoms with E-state index < -0.39 is 0 Å². The van der Waals surface area contributed by atoms with Crippen molar-refractivity contribution in [3.63, 3.8) is 0 Å². The lowest BCUT2D eigenvalue weighted by Crippen LogP contribution is -2.45. The van der Waals surface area contributed by atoms with E-state index in [1.54, 1.807) is 0 Å². The van der Waals surface area contributed by atoms with Crippen LogP contribution in [0.1, 0.15) is 126 Å². The van der Waals surface area contributed by atoms with Gasteiger partial charge in [0.2, 0.25) is 0 Å². The van der Waals surface area contributed by atoms with Crippen molar-refractivity contribution in [2.24, 2.45) is 17.8 Å². The maximum absolute atomic E-state index is 7.50. The van der Waals surface area contributed by atoms with Gasteiger partial charge in [-0.3, -0.25) is 0 Å². The summed E-state index contributed by atoms with van der Waals surface area (Å²) in [4.78, 5) is 5.31.